The number of nitrogens with one attached hydrogen (secondary N) is 1. The number of carbonyl (C=O) groups is 3. The van der Waals surface area contributed by atoms with E-state index in [-0.39, 0.29) is 29.6 Å². The summed E-state index contributed by atoms with van der Waals surface area (Å²) in [5, 5.41) is 21.6. The maximum atomic E-state index is 13.2. The lowest BCUT2D eigenvalue weighted by Gasteiger charge is -2.18. The molecule has 46 heavy (non-hydrogen) atoms. The van der Waals surface area contributed by atoms with Crippen LogP contribution in [0.3, 0.4) is 0 Å². The number of aromatic nitrogens is 2. The van der Waals surface area contributed by atoms with E-state index in [1.54, 1.807) is 30.3 Å². The van der Waals surface area contributed by atoms with E-state index in [4.69, 9.17) is 0 Å². The highest BCUT2D eigenvalue weighted by atomic mass is 32.1. The number of phenols is 1. The third-order valence-electron chi connectivity index (χ3n) is 6.96. The number of aliphatic carboxylic acids is 1. The molecule has 0 bridgehead atoms. The van der Waals surface area contributed by atoms with E-state index < -0.39 is 41.7 Å². The molecule has 0 saturated carbocycles. The summed E-state index contributed by atoms with van der Waals surface area (Å²) in [4.78, 5) is 47.8. The lowest BCUT2D eigenvalue weighted by atomic mass is 9.92. The maximum absolute atomic E-state index is 13.2. The minimum absolute atomic E-state index is 0.112. The van der Waals surface area contributed by atoms with Crippen molar-refractivity contribution in [2.75, 3.05) is 0 Å². The first-order valence-corrected chi connectivity index (χ1v) is 15.0. The van der Waals surface area contributed by atoms with Gasteiger partial charge in [-0.2, -0.15) is 0 Å². The molecule has 1 amide bonds. The zero-order valence-electron chi connectivity index (χ0n) is 25.4. The quantitative estimate of drug-likeness (QED) is 0.150. The number of carboxylic acids is 1. The lowest BCUT2D eigenvalue weighted by Crippen LogP contribution is -2.42. The number of hydrogen-bond donors (Lipinski definition) is 3. The van der Waals surface area contributed by atoms with E-state index in [2.05, 4.69) is 20.0 Å². The zero-order chi connectivity index (χ0) is 33.8. The van der Waals surface area contributed by atoms with Crippen molar-refractivity contribution < 1.29 is 42.5 Å². The molecule has 2 aromatic heterocycles. The molecule has 0 aliphatic heterocycles. The molecule has 4 aromatic rings. The summed E-state index contributed by atoms with van der Waals surface area (Å²) < 4.78 is 41.8. The fourth-order valence-corrected chi connectivity index (χ4v) is 5.52. The van der Waals surface area contributed by atoms with Crippen molar-refractivity contribution in [1.29, 1.82) is 0 Å². The molecule has 0 spiro atoms. The minimum atomic E-state index is -4.92. The Morgan fingerprint density at radius 2 is 1.59 bits per heavy atom. The number of hydrogen-bond acceptors (Lipinski definition) is 8. The van der Waals surface area contributed by atoms with Crippen molar-refractivity contribution in [3.8, 4) is 34.0 Å². The Bertz CT molecular complexity index is 1710. The standard InChI is InChI=1S/C33H32F3N3O6S/c1-18(31(43)44)39-30(42)22(14-26(41)27-9-10-28(46-27)32(2,3)4)11-19-5-7-20(8-6-19)29-37-16-23(17-38-29)21-12-24(40)15-25(13-21)45-33(34,35)36/h5-10,12-13,15-18,22,40H,11,14H2,1-4H3,(H,39,42)(H,43,44)/t18-,22-/m1/s1. The highest BCUT2D eigenvalue weighted by molar-refractivity contribution is 7.14. The molecule has 0 aliphatic carbocycles. The third-order valence-corrected chi connectivity index (χ3v) is 8.51. The van der Waals surface area contributed by atoms with Gasteiger partial charge in [0.25, 0.3) is 0 Å². The molecule has 2 aromatic carbocycles. The Labute approximate surface area is 267 Å². The average molecular weight is 656 g/mol. The summed E-state index contributed by atoms with van der Waals surface area (Å²) in [6.07, 6.45) is -2.07. The van der Waals surface area contributed by atoms with Gasteiger partial charge in [-0.25, -0.2) is 9.97 Å². The van der Waals surface area contributed by atoms with Crippen LogP contribution in [0.15, 0.2) is 67.0 Å². The second-order valence-electron chi connectivity index (χ2n) is 11.8. The highest BCUT2D eigenvalue weighted by Gasteiger charge is 2.31. The van der Waals surface area contributed by atoms with E-state index >= 15 is 0 Å². The van der Waals surface area contributed by atoms with Crippen LogP contribution in [0.4, 0.5) is 13.2 Å². The number of carbonyl (C=O) groups excluding carboxylic acids is 2. The van der Waals surface area contributed by atoms with Crippen LogP contribution in [0.5, 0.6) is 11.5 Å². The van der Waals surface area contributed by atoms with Gasteiger partial charge in [0.05, 0.1) is 4.88 Å². The number of thiophene rings is 1. The SMILES string of the molecule is C[C@@H](NC(=O)[C@@H](CC(=O)c1ccc(C(C)(C)C)s1)Cc1ccc(-c2ncc(-c3cc(O)cc(OC(F)(F)F)c3)cn2)cc1)C(=O)O. The minimum Gasteiger partial charge on any atom is -0.508 e. The van der Waals surface area contributed by atoms with Crippen LogP contribution in [0.25, 0.3) is 22.5 Å². The Kier molecular flexibility index (Phi) is 10.1. The first-order valence-electron chi connectivity index (χ1n) is 14.2. The van der Waals surface area contributed by atoms with Crippen molar-refractivity contribution in [2.24, 2.45) is 5.92 Å². The third kappa shape index (κ3) is 9.13. The zero-order valence-corrected chi connectivity index (χ0v) is 26.2. The van der Waals surface area contributed by atoms with Crippen LogP contribution < -0.4 is 10.1 Å². The number of benzene rings is 2. The molecule has 9 nitrogen and oxygen atoms in total. The van der Waals surface area contributed by atoms with Gasteiger partial charge >= 0.3 is 12.3 Å². The second-order valence-corrected chi connectivity index (χ2v) is 12.9. The number of carboxylic acid groups (broad SMARTS) is 1. The topological polar surface area (TPSA) is 139 Å². The fourth-order valence-electron chi connectivity index (χ4n) is 4.51. The number of aromatic hydroxyl groups is 1. The van der Waals surface area contributed by atoms with Gasteiger partial charge in [0.1, 0.15) is 17.5 Å². The number of ether oxygens (including phenoxy) is 1. The van der Waals surface area contributed by atoms with E-state index in [1.807, 2.05) is 26.8 Å². The van der Waals surface area contributed by atoms with E-state index in [0.29, 0.717) is 21.8 Å². The summed E-state index contributed by atoms with van der Waals surface area (Å²) in [6, 6.07) is 12.7. The van der Waals surface area contributed by atoms with Crippen LogP contribution in [0, 0.1) is 5.92 Å². The van der Waals surface area contributed by atoms with Gasteiger partial charge in [0, 0.05) is 46.8 Å². The molecule has 13 heteroatoms. The molecule has 3 N–H and O–H groups in total. The van der Waals surface area contributed by atoms with E-state index in [1.165, 1.54) is 36.7 Å². The number of nitrogens with zero attached hydrogens (tertiary/aromatic N) is 2. The summed E-state index contributed by atoms with van der Waals surface area (Å²) in [5.74, 6) is -3.47. The Hall–Kier alpha value is -4.78. The molecular formula is C33H32F3N3O6S. The summed E-state index contributed by atoms with van der Waals surface area (Å²) in [5.41, 5.74) is 1.75. The van der Waals surface area contributed by atoms with Gasteiger partial charge in [0.15, 0.2) is 11.6 Å². The monoisotopic (exact) mass is 655 g/mol. The molecule has 0 fully saturated rings. The predicted octanol–water partition coefficient (Wildman–Crippen LogP) is 6.79. The summed E-state index contributed by atoms with van der Waals surface area (Å²) in [7, 11) is 0. The van der Waals surface area contributed by atoms with Crippen LogP contribution in [-0.4, -0.2) is 50.2 Å². The van der Waals surface area contributed by atoms with Crippen molar-refractivity contribution in [2.45, 2.75) is 58.4 Å². The number of ketones is 1. The average Bonchev–Trinajstić information content (AvgIpc) is 3.48. The van der Waals surface area contributed by atoms with Gasteiger partial charge in [-0.1, -0.05) is 45.0 Å². The van der Waals surface area contributed by atoms with Gasteiger partial charge in [-0.15, -0.1) is 24.5 Å². The molecule has 242 valence electrons. The summed E-state index contributed by atoms with van der Waals surface area (Å²) in [6.45, 7) is 7.48. The van der Waals surface area contributed by atoms with Gasteiger partial charge < -0.3 is 20.3 Å². The molecule has 0 saturated heterocycles. The van der Waals surface area contributed by atoms with E-state index in [0.717, 1.165) is 22.6 Å². The van der Waals surface area contributed by atoms with Crippen molar-refractivity contribution in [3.63, 3.8) is 0 Å². The molecular weight excluding hydrogens is 623 g/mol. The van der Waals surface area contributed by atoms with Crippen LogP contribution >= 0.6 is 11.3 Å². The highest BCUT2D eigenvalue weighted by Crippen LogP contribution is 2.33. The molecule has 0 aliphatic rings. The van der Waals surface area contributed by atoms with Crippen LogP contribution in [0.2, 0.25) is 0 Å². The van der Waals surface area contributed by atoms with Gasteiger partial charge in [-0.05, 0) is 54.2 Å². The smallest absolute Gasteiger partial charge is 0.508 e. The van der Waals surface area contributed by atoms with E-state index in [9.17, 15) is 37.8 Å². The van der Waals surface area contributed by atoms with Crippen LogP contribution in [0.1, 0.15) is 54.2 Å². The number of rotatable bonds is 11. The Morgan fingerprint density at radius 1 is 0.935 bits per heavy atom. The number of halogens is 3. The molecule has 2 heterocycles. The number of phenolic OH excluding ortho intramolecular Hbond substituents is 1. The lowest BCUT2D eigenvalue weighted by molar-refractivity contribution is -0.274. The van der Waals surface area contributed by atoms with Crippen molar-refractivity contribution >= 4 is 29.0 Å². The second kappa shape index (κ2) is 13.7. The Balaban J connectivity index is 1.50. The molecule has 2 atom stereocenters. The first kappa shape index (κ1) is 34.1. The van der Waals surface area contributed by atoms with Crippen molar-refractivity contribution in [3.05, 3.63) is 82.3 Å². The molecule has 4 rings (SSSR count). The molecule has 0 radical (unpaired) electrons. The number of Topliss-reactive ketones (excluding diaryl/α,β-unsaturated/α-hetero) is 1. The Morgan fingerprint density at radius 3 is 2.15 bits per heavy atom. The van der Waals surface area contributed by atoms with Gasteiger partial charge in [-0.3, -0.25) is 14.4 Å². The predicted molar refractivity (Wildman–Crippen MR) is 166 cm³/mol. The first-order chi connectivity index (χ1) is 21.5. The normalized spacial score (nSPS) is 13.1. The summed E-state index contributed by atoms with van der Waals surface area (Å²) >= 11 is 1.38. The molecule has 0 unspecified atom stereocenters. The largest absolute Gasteiger partial charge is 0.573 e. The fraction of sp³-hybridized carbons (Fsp3) is 0.303. The van der Waals surface area contributed by atoms with Crippen molar-refractivity contribution in [1.82, 2.24) is 15.3 Å². The maximum Gasteiger partial charge on any atom is 0.573 e. The number of amides is 1. The number of alkyl halides is 3. The van der Waals surface area contributed by atoms with Gasteiger partial charge in [0.2, 0.25) is 5.91 Å². The van der Waals surface area contributed by atoms with Crippen LogP contribution in [-0.2, 0) is 21.4 Å².